The molecule has 0 saturated heterocycles. The summed E-state index contributed by atoms with van der Waals surface area (Å²) < 4.78 is 5.11. The van der Waals surface area contributed by atoms with Gasteiger partial charge in [0.1, 0.15) is 0 Å². The second kappa shape index (κ2) is 8.21. The molecule has 0 radical (unpaired) electrons. The molecule has 0 aliphatic rings. The molecule has 0 aromatic carbocycles. The third-order valence-corrected chi connectivity index (χ3v) is 2.75. The van der Waals surface area contributed by atoms with Gasteiger partial charge >= 0.3 is 0 Å². The van der Waals surface area contributed by atoms with Crippen molar-refractivity contribution < 1.29 is 4.74 Å². The van der Waals surface area contributed by atoms with Crippen LogP contribution >= 0.6 is 0 Å². The summed E-state index contributed by atoms with van der Waals surface area (Å²) >= 11 is 0. The number of methoxy groups -OCH3 is 1. The normalized spacial score (nSPS) is 15.9. The Morgan fingerprint density at radius 1 is 1.36 bits per heavy atom. The Morgan fingerprint density at radius 2 is 2.00 bits per heavy atom. The highest BCUT2D eigenvalue weighted by atomic mass is 16.5. The van der Waals surface area contributed by atoms with Crippen LogP contribution in [0.5, 0.6) is 0 Å². The molecule has 2 N–H and O–H groups in total. The number of hydrogen-bond donors (Lipinski definition) is 1. The zero-order valence-electron chi connectivity index (χ0n) is 10.1. The third-order valence-electron chi connectivity index (χ3n) is 2.75. The van der Waals surface area contributed by atoms with Crippen molar-refractivity contribution in [2.45, 2.75) is 33.2 Å². The summed E-state index contributed by atoms with van der Waals surface area (Å²) in [7, 11) is 1.75. The molecule has 0 aliphatic carbocycles. The van der Waals surface area contributed by atoms with Gasteiger partial charge in [0.15, 0.2) is 0 Å². The van der Waals surface area contributed by atoms with E-state index in [-0.39, 0.29) is 0 Å². The summed E-state index contributed by atoms with van der Waals surface area (Å²) in [5.41, 5.74) is 5.63. The lowest BCUT2D eigenvalue weighted by Gasteiger charge is -2.30. The van der Waals surface area contributed by atoms with Crippen molar-refractivity contribution in [2.24, 2.45) is 11.7 Å². The quantitative estimate of drug-likeness (QED) is 0.645. The van der Waals surface area contributed by atoms with Gasteiger partial charge < -0.3 is 10.5 Å². The van der Waals surface area contributed by atoms with Crippen LogP contribution in [0.25, 0.3) is 0 Å². The lowest BCUT2D eigenvalue weighted by atomic mass is 10.1. The van der Waals surface area contributed by atoms with E-state index in [1.165, 1.54) is 6.42 Å². The van der Waals surface area contributed by atoms with Gasteiger partial charge in [-0.25, -0.2) is 0 Å². The minimum Gasteiger partial charge on any atom is -0.383 e. The first-order chi connectivity index (χ1) is 6.65. The van der Waals surface area contributed by atoms with E-state index in [1.54, 1.807) is 7.11 Å². The van der Waals surface area contributed by atoms with Crippen molar-refractivity contribution in [3.05, 3.63) is 0 Å². The second-order valence-corrected chi connectivity index (χ2v) is 4.09. The summed E-state index contributed by atoms with van der Waals surface area (Å²) in [5.74, 6) is 0.570. The van der Waals surface area contributed by atoms with E-state index in [0.29, 0.717) is 12.0 Å². The van der Waals surface area contributed by atoms with Crippen LogP contribution in [0.15, 0.2) is 0 Å². The fourth-order valence-corrected chi connectivity index (χ4v) is 1.43. The van der Waals surface area contributed by atoms with Gasteiger partial charge in [0.2, 0.25) is 0 Å². The summed E-state index contributed by atoms with van der Waals surface area (Å²) in [5, 5.41) is 0. The number of nitrogens with two attached hydrogens (primary N) is 1. The molecule has 0 heterocycles. The Bertz CT molecular complexity index is 130. The summed E-state index contributed by atoms with van der Waals surface area (Å²) in [6.45, 7) is 10.3. The number of nitrogens with zero attached hydrogens (tertiary/aromatic N) is 1. The monoisotopic (exact) mass is 202 g/mol. The Labute approximate surface area is 88.6 Å². The number of hydrogen-bond acceptors (Lipinski definition) is 3. The molecule has 0 spiro atoms. The molecular formula is C11H26N2O. The van der Waals surface area contributed by atoms with Crippen LogP contribution in [0.1, 0.15) is 27.2 Å². The third kappa shape index (κ3) is 5.58. The van der Waals surface area contributed by atoms with Gasteiger partial charge in [-0.2, -0.15) is 0 Å². The van der Waals surface area contributed by atoms with E-state index in [9.17, 15) is 0 Å². The Hall–Kier alpha value is -0.120. The molecule has 0 amide bonds. The standard InChI is InChI=1S/C11H26N2O/c1-5-11(3)13(6-7-14-4)9-10(2)8-12/h10-11H,5-9,12H2,1-4H3. The summed E-state index contributed by atoms with van der Waals surface area (Å²) in [6, 6.07) is 0.624. The van der Waals surface area contributed by atoms with E-state index in [0.717, 1.165) is 26.2 Å². The molecule has 0 aromatic heterocycles. The molecule has 0 rings (SSSR count). The van der Waals surface area contributed by atoms with E-state index < -0.39 is 0 Å². The maximum Gasteiger partial charge on any atom is 0.0589 e. The van der Waals surface area contributed by atoms with Gasteiger partial charge in [0.25, 0.3) is 0 Å². The van der Waals surface area contributed by atoms with Crippen LogP contribution in [-0.4, -0.2) is 44.3 Å². The van der Waals surface area contributed by atoms with Crippen molar-refractivity contribution in [3.63, 3.8) is 0 Å². The SMILES string of the molecule is CCC(C)N(CCOC)CC(C)CN. The number of rotatable bonds is 8. The molecular weight excluding hydrogens is 176 g/mol. The predicted octanol–water partition coefficient (Wildman–Crippen LogP) is 1.33. The van der Waals surface area contributed by atoms with Crippen LogP contribution in [0.3, 0.4) is 0 Å². The van der Waals surface area contributed by atoms with Gasteiger partial charge in [-0.3, -0.25) is 4.90 Å². The van der Waals surface area contributed by atoms with E-state index in [2.05, 4.69) is 25.7 Å². The molecule has 2 atom stereocenters. The molecule has 3 nitrogen and oxygen atoms in total. The van der Waals surface area contributed by atoms with Crippen molar-refractivity contribution in [2.75, 3.05) is 33.4 Å². The number of ether oxygens (including phenoxy) is 1. The van der Waals surface area contributed by atoms with E-state index in [4.69, 9.17) is 10.5 Å². The van der Waals surface area contributed by atoms with Crippen molar-refractivity contribution in [1.82, 2.24) is 4.90 Å². The lowest BCUT2D eigenvalue weighted by molar-refractivity contribution is 0.112. The minimum atomic E-state index is 0.570. The van der Waals surface area contributed by atoms with Crippen molar-refractivity contribution in [1.29, 1.82) is 0 Å². The van der Waals surface area contributed by atoms with Gasteiger partial charge in [-0.1, -0.05) is 13.8 Å². The maximum absolute atomic E-state index is 5.63. The molecule has 0 aromatic rings. The van der Waals surface area contributed by atoms with Crippen LogP contribution in [0.2, 0.25) is 0 Å². The second-order valence-electron chi connectivity index (χ2n) is 4.09. The van der Waals surface area contributed by atoms with Crippen LogP contribution in [0, 0.1) is 5.92 Å². The van der Waals surface area contributed by atoms with E-state index >= 15 is 0 Å². The molecule has 3 heteroatoms. The highest BCUT2D eigenvalue weighted by Gasteiger charge is 2.13. The average molecular weight is 202 g/mol. The minimum absolute atomic E-state index is 0.570. The van der Waals surface area contributed by atoms with Crippen molar-refractivity contribution >= 4 is 0 Å². The first-order valence-corrected chi connectivity index (χ1v) is 5.58. The van der Waals surface area contributed by atoms with Gasteiger partial charge in [-0.15, -0.1) is 0 Å². The first-order valence-electron chi connectivity index (χ1n) is 5.58. The van der Waals surface area contributed by atoms with Gasteiger partial charge in [0.05, 0.1) is 6.61 Å². The largest absolute Gasteiger partial charge is 0.383 e. The highest BCUT2D eigenvalue weighted by molar-refractivity contribution is 4.69. The average Bonchev–Trinajstić information content (AvgIpc) is 2.22. The maximum atomic E-state index is 5.63. The zero-order valence-corrected chi connectivity index (χ0v) is 10.1. The lowest BCUT2D eigenvalue weighted by Crippen LogP contribution is -2.39. The fraction of sp³-hybridized carbons (Fsp3) is 1.00. The molecule has 0 bridgehead atoms. The van der Waals surface area contributed by atoms with Crippen LogP contribution < -0.4 is 5.73 Å². The molecule has 0 fully saturated rings. The van der Waals surface area contributed by atoms with Crippen LogP contribution in [0.4, 0.5) is 0 Å². The Kier molecular flexibility index (Phi) is 8.14. The smallest absolute Gasteiger partial charge is 0.0589 e. The predicted molar refractivity (Wildman–Crippen MR) is 61.4 cm³/mol. The highest BCUT2D eigenvalue weighted by Crippen LogP contribution is 2.06. The molecule has 14 heavy (non-hydrogen) atoms. The van der Waals surface area contributed by atoms with E-state index in [1.807, 2.05) is 0 Å². The van der Waals surface area contributed by atoms with Crippen LogP contribution in [-0.2, 0) is 4.74 Å². The fourth-order valence-electron chi connectivity index (χ4n) is 1.43. The first kappa shape index (κ1) is 13.9. The molecule has 0 saturated carbocycles. The summed E-state index contributed by atoms with van der Waals surface area (Å²) in [4.78, 5) is 2.46. The van der Waals surface area contributed by atoms with Gasteiger partial charge in [0, 0.05) is 26.2 Å². The van der Waals surface area contributed by atoms with Gasteiger partial charge in [-0.05, 0) is 25.8 Å². The Morgan fingerprint density at radius 3 is 2.43 bits per heavy atom. The summed E-state index contributed by atoms with van der Waals surface area (Å²) in [6.07, 6.45) is 1.18. The Balaban J connectivity index is 3.96. The molecule has 86 valence electrons. The molecule has 2 unspecified atom stereocenters. The molecule has 0 aliphatic heterocycles. The topological polar surface area (TPSA) is 38.5 Å². The zero-order chi connectivity index (χ0) is 11.0. The van der Waals surface area contributed by atoms with Crippen molar-refractivity contribution in [3.8, 4) is 0 Å².